The van der Waals surface area contributed by atoms with E-state index in [4.69, 9.17) is 11.6 Å². The lowest BCUT2D eigenvalue weighted by molar-refractivity contribution is -0.393. The zero-order chi connectivity index (χ0) is 13.7. The number of halogens is 1. The predicted octanol–water partition coefficient (Wildman–Crippen LogP) is 2.53. The van der Waals surface area contributed by atoms with Crippen LogP contribution in [0.3, 0.4) is 0 Å². The molecule has 1 rings (SSSR count). The number of nitrogens with one attached hydrogen (secondary N) is 1. The normalized spacial score (nSPS) is 11.1. The zero-order valence-corrected chi connectivity index (χ0v) is 10.0. The number of nitro benzene ring substituents is 2. The fourth-order valence-corrected chi connectivity index (χ4v) is 1.12. The summed E-state index contributed by atoms with van der Waals surface area (Å²) in [5.74, 6) is 0.174. The summed E-state index contributed by atoms with van der Waals surface area (Å²) in [6, 6.07) is 3.25. The van der Waals surface area contributed by atoms with Gasteiger partial charge in [0, 0.05) is 11.8 Å². The van der Waals surface area contributed by atoms with Gasteiger partial charge in [0.1, 0.15) is 5.69 Å². The molecule has 0 aliphatic heterocycles. The number of benzene rings is 1. The van der Waals surface area contributed by atoms with Crippen LogP contribution >= 0.6 is 11.6 Å². The molecule has 96 valence electrons. The van der Waals surface area contributed by atoms with Crippen molar-refractivity contribution < 1.29 is 9.85 Å². The Balaban J connectivity index is 3.12. The van der Waals surface area contributed by atoms with Crippen LogP contribution in [0, 0.1) is 20.2 Å². The fraction of sp³-hybridized carbons (Fsp3) is 0.222. The molecule has 1 aromatic carbocycles. The highest BCUT2D eigenvalue weighted by Crippen LogP contribution is 2.28. The molecule has 0 spiro atoms. The molecule has 0 saturated heterocycles. The molecule has 0 heterocycles. The molecule has 8 nitrogen and oxygen atoms in total. The number of hydrogen-bond donors (Lipinski definition) is 1. The van der Waals surface area contributed by atoms with Crippen molar-refractivity contribution in [2.45, 2.75) is 6.92 Å². The molecule has 0 unspecified atom stereocenters. The molecule has 0 aromatic heterocycles. The molecule has 9 heteroatoms. The minimum atomic E-state index is -0.721. The second-order valence-electron chi connectivity index (χ2n) is 3.31. The maximum Gasteiger partial charge on any atom is 0.301 e. The quantitative estimate of drug-likeness (QED) is 0.383. The van der Waals surface area contributed by atoms with Crippen LogP contribution in [-0.4, -0.2) is 21.4 Å². The van der Waals surface area contributed by atoms with Gasteiger partial charge in [0.2, 0.25) is 0 Å². The molecule has 0 atom stereocenters. The zero-order valence-electron chi connectivity index (χ0n) is 9.29. The molecule has 0 amide bonds. The Morgan fingerprint density at radius 3 is 2.56 bits per heavy atom. The molecular formula is C9H9ClN4O4. The van der Waals surface area contributed by atoms with Gasteiger partial charge in [-0.2, -0.15) is 5.10 Å². The third-order valence-electron chi connectivity index (χ3n) is 1.95. The van der Waals surface area contributed by atoms with E-state index in [-0.39, 0.29) is 17.3 Å². The number of non-ortho nitro benzene ring substituents is 1. The van der Waals surface area contributed by atoms with Gasteiger partial charge in [-0.15, -0.1) is 11.6 Å². The van der Waals surface area contributed by atoms with Gasteiger partial charge in [0.25, 0.3) is 5.69 Å². The van der Waals surface area contributed by atoms with Crippen LogP contribution in [0.1, 0.15) is 6.92 Å². The number of hydrogen-bond acceptors (Lipinski definition) is 6. The average Bonchev–Trinajstić information content (AvgIpc) is 2.35. The van der Waals surface area contributed by atoms with Crippen LogP contribution in [-0.2, 0) is 0 Å². The molecule has 0 bridgehead atoms. The number of anilines is 1. The van der Waals surface area contributed by atoms with E-state index in [2.05, 4.69) is 10.5 Å². The Labute approximate surface area is 107 Å². The van der Waals surface area contributed by atoms with E-state index >= 15 is 0 Å². The van der Waals surface area contributed by atoms with Crippen molar-refractivity contribution in [2.24, 2.45) is 5.10 Å². The van der Waals surface area contributed by atoms with Crippen LogP contribution in [0.25, 0.3) is 0 Å². The summed E-state index contributed by atoms with van der Waals surface area (Å²) in [6.07, 6.45) is 0. The SMILES string of the molecule is CC(CCl)=NNc1ccc([N+](=O)[O-])cc1[N+](=O)[O-]. The molecular weight excluding hydrogens is 264 g/mol. The van der Waals surface area contributed by atoms with Gasteiger partial charge in [-0.05, 0) is 13.0 Å². The first-order valence-corrected chi connectivity index (χ1v) is 5.27. The summed E-state index contributed by atoms with van der Waals surface area (Å²) in [4.78, 5) is 19.9. The molecule has 0 aliphatic carbocycles. The van der Waals surface area contributed by atoms with Crippen LogP contribution in [0.15, 0.2) is 23.3 Å². The van der Waals surface area contributed by atoms with Gasteiger partial charge >= 0.3 is 5.69 Å². The third-order valence-corrected chi connectivity index (χ3v) is 2.34. The Kier molecular flexibility index (Phi) is 4.55. The van der Waals surface area contributed by atoms with Crippen molar-refractivity contribution >= 4 is 34.4 Å². The second kappa shape index (κ2) is 5.92. The molecule has 0 fully saturated rings. The summed E-state index contributed by atoms with van der Waals surface area (Å²) in [7, 11) is 0. The second-order valence-corrected chi connectivity index (χ2v) is 3.58. The van der Waals surface area contributed by atoms with Gasteiger partial charge in [0.15, 0.2) is 0 Å². The Morgan fingerprint density at radius 2 is 2.06 bits per heavy atom. The van der Waals surface area contributed by atoms with Crippen molar-refractivity contribution in [3.8, 4) is 0 Å². The van der Waals surface area contributed by atoms with Gasteiger partial charge < -0.3 is 0 Å². The predicted molar refractivity (Wildman–Crippen MR) is 67.2 cm³/mol. The number of alkyl halides is 1. The van der Waals surface area contributed by atoms with E-state index < -0.39 is 15.5 Å². The van der Waals surface area contributed by atoms with Crippen LogP contribution in [0.2, 0.25) is 0 Å². The molecule has 0 radical (unpaired) electrons. The minimum absolute atomic E-state index is 0.0649. The first-order valence-electron chi connectivity index (χ1n) is 4.73. The Bertz CT molecular complexity index is 517. The first-order chi connectivity index (χ1) is 8.45. The summed E-state index contributed by atoms with van der Waals surface area (Å²) in [5, 5.41) is 25.1. The highest BCUT2D eigenvalue weighted by Gasteiger charge is 2.19. The Morgan fingerprint density at radius 1 is 1.39 bits per heavy atom. The van der Waals surface area contributed by atoms with Crippen LogP contribution in [0.4, 0.5) is 17.1 Å². The summed E-state index contributed by atoms with van der Waals surface area (Å²) in [5.41, 5.74) is 2.27. The first kappa shape index (κ1) is 13.8. The lowest BCUT2D eigenvalue weighted by Gasteiger charge is -2.02. The van der Waals surface area contributed by atoms with Gasteiger partial charge in [-0.3, -0.25) is 25.7 Å². The monoisotopic (exact) mass is 272 g/mol. The van der Waals surface area contributed by atoms with E-state index in [9.17, 15) is 20.2 Å². The summed E-state index contributed by atoms with van der Waals surface area (Å²) < 4.78 is 0. The highest BCUT2D eigenvalue weighted by molar-refractivity contribution is 6.28. The molecule has 0 aliphatic rings. The van der Waals surface area contributed by atoms with Crippen LogP contribution in [0.5, 0.6) is 0 Å². The molecule has 1 N–H and O–H groups in total. The number of hydrazone groups is 1. The van der Waals surface area contributed by atoms with Crippen molar-refractivity contribution in [3.05, 3.63) is 38.4 Å². The van der Waals surface area contributed by atoms with Crippen molar-refractivity contribution in [1.82, 2.24) is 0 Å². The highest BCUT2D eigenvalue weighted by atomic mass is 35.5. The van der Waals surface area contributed by atoms with E-state index in [1.807, 2.05) is 0 Å². The summed E-state index contributed by atoms with van der Waals surface area (Å²) >= 11 is 5.49. The number of nitro groups is 2. The van der Waals surface area contributed by atoms with E-state index in [0.717, 1.165) is 12.1 Å². The van der Waals surface area contributed by atoms with Gasteiger partial charge in [-0.25, -0.2) is 0 Å². The largest absolute Gasteiger partial charge is 0.301 e. The topological polar surface area (TPSA) is 111 Å². The molecule has 18 heavy (non-hydrogen) atoms. The molecule has 1 aromatic rings. The van der Waals surface area contributed by atoms with Crippen molar-refractivity contribution in [3.63, 3.8) is 0 Å². The lowest BCUT2D eigenvalue weighted by Crippen LogP contribution is -2.02. The van der Waals surface area contributed by atoms with Gasteiger partial charge in [-0.1, -0.05) is 0 Å². The summed E-state index contributed by atoms with van der Waals surface area (Å²) in [6.45, 7) is 1.64. The van der Waals surface area contributed by atoms with E-state index in [1.165, 1.54) is 6.07 Å². The smallest absolute Gasteiger partial charge is 0.272 e. The molecule has 0 saturated carbocycles. The van der Waals surface area contributed by atoms with E-state index in [1.54, 1.807) is 6.92 Å². The van der Waals surface area contributed by atoms with Crippen molar-refractivity contribution in [1.29, 1.82) is 0 Å². The average molecular weight is 273 g/mol. The maximum atomic E-state index is 10.8. The van der Waals surface area contributed by atoms with E-state index in [0.29, 0.717) is 5.71 Å². The Hall–Kier alpha value is -2.22. The number of nitrogens with zero attached hydrogens (tertiary/aromatic N) is 3. The lowest BCUT2D eigenvalue weighted by atomic mass is 10.2. The standard InChI is InChI=1S/C9H9ClN4O4/c1-6(5-10)11-12-8-3-2-7(13(15)16)4-9(8)14(17)18/h2-4,12H,5H2,1H3. The van der Waals surface area contributed by atoms with Gasteiger partial charge in [0.05, 0.1) is 21.8 Å². The van der Waals surface area contributed by atoms with Crippen LogP contribution < -0.4 is 5.43 Å². The fourth-order valence-electron chi connectivity index (χ4n) is 1.06. The minimum Gasteiger partial charge on any atom is -0.272 e. The van der Waals surface area contributed by atoms with Crippen molar-refractivity contribution in [2.75, 3.05) is 11.3 Å². The maximum absolute atomic E-state index is 10.8. The third kappa shape index (κ3) is 3.39. The number of rotatable bonds is 5.